The van der Waals surface area contributed by atoms with E-state index in [0.29, 0.717) is 0 Å². The molecule has 0 saturated carbocycles. The summed E-state index contributed by atoms with van der Waals surface area (Å²) in [6.07, 6.45) is 1.99. The number of aliphatic hydroxyl groups excluding tert-OH is 1. The molecule has 1 heterocycles. The van der Waals surface area contributed by atoms with E-state index in [9.17, 15) is 0 Å². The van der Waals surface area contributed by atoms with Crippen LogP contribution in [0.15, 0.2) is 18.5 Å². The second kappa shape index (κ2) is 2.52. The summed E-state index contributed by atoms with van der Waals surface area (Å²) in [5, 5.41) is 8.68. The van der Waals surface area contributed by atoms with Crippen molar-refractivity contribution < 1.29 is 5.11 Å². The maximum Gasteiger partial charge on any atom is 0.172 e. The van der Waals surface area contributed by atoms with Crippen LogP contribution in [0.5, 0.6) is 0 Å². The van der Waals surface area contributed by atoms with Crippen molar-refractivity contribution in [1.29, 1.82) is 0 Å². The lowest BCUT2D eigenvalue weighted by Crippen LogP contribution is -2.11. The van der Waals surface area contributed by atoms with Gasteiger partial charge in [-0.25, -0.2) is 9.97 Å². The van der Waals surface area contributed by atoms with Gasteiger partial charge < -0.3 is 5.11 Å². The summed E-state index contributed by atoms with van der Waals surface area (Å²) in [5.74, 6) is 0.248. The van der Waals surface area contributed by atoms with Crippen molar-refractivity contribution in [2.75, 3.05) is 0 Å². The zero-order valence-corrected chi connectivity index (χ0v) is 4.73. The van der Waals surface area contributed by atoms with E-state index in [-0.39, 0.29) is 5.82 Å². The molecule has 1 aromatic heterocycles. The third-order valence-electron chi connectivity index (χ3n) is 0.850. The number of nitrogens with two attached hydrogens (primary N) is 1. The van der Waals surface area contributed by atoms with Crippen LogP contribution in [0.1, 0.15) is 12.1 Å². The Bertz CT molecular complexity index is 175. The maximum absolute atomic E-state index is 8.68. The van der Waals surface area contributed by atoms with Crippen molar-refractivity contribution >= 4 is 0 Å². The molecule has 0 saturated heterocycles. The first-order chi connectivity index (χ1) is 4.30. The predicted molar refractivity (Wildman–Crippen MR) is 31.2 cm³/mol. The monoisotopic (exact) mass is 125 g/mol. The Morgan fingerprint density at radius 3 is 2.33 bits per heavy atom. The van der Waals surface area contributed by atoms with Gasteiger partial charge in [-0.15, -0.1) is 0 Å². The molecule has 1 rings (SSSR count). The van der Waals surface area contributed by atoms with Gasteiger partial charge in [0.2, 0.25) is 0 Å². The summed E-state index contributed by atoms with van der Waals surface area (Å²) in [6, 6.07) is 1.66. The molecule has 0 aliphatic heterocycles. The topological polar surface area (TPSA) is 72.0 Å². The first-order valence-corrected chi connectivity index (χ1v) is 2.51. The summed E-state index contributed by atoms with van der Waals surface area (Å²) in [7, 11) is 0. The van der Waals surface area contributed by atoms with E-state index in [2.05, 4.69) is 9.97 Å². The molecule has 0 spiro atoms. The van der Waals surface area contributed by atoms with E-state index in [1.54, 1.807) is 6.07 Å². The Morgan fingerprint density at radius 2 is 2.00 bits per heavy atom. The van der Waals surface area contributed by atoms with Crippen LogP contribution < -0.4 is 5.73 Å². The van der Waals surface area contributed by atoms with Crippen LogP contribution in [0, 0.1) is 0 Å². The first kappa shape index (κ1) is 6.12. The molecule has 9 heavy (non-hydrogen) atoms. The van der Waals surface area contributed by atoms with Gasteiger partial charge in [-0.3, -0.25) is 5.73 Å². The lowest BCUT2D eigenvalue weighted by molar-refractivity contribution is 0.176. The zero-order chi connectivity index (χ0) is 6.69. The summed E-state index contributed by atoms with van der Waals surface area (Å²) in [6.45, 7) is 0. The third kappa shape index (κ3) is 1.45. The van der Waals surface area contributed by atoms with Crippen LogP contribution in [0.25, 0.3) is 0 Å². The van der Waals surface area contributed by atoms with Gasteiger partial charge in [0.05, 0.1) is 0 Å². The summed E-state index contributed by atoms with van der Waals surface area (Å²) >= 11 is 0. The van der Waals surface area contributed by atoms with Crippen LogP contribution in [-0.4, -0.2) is 15.1 Å². The number of rotatable bonds is 1. The van der Waals surface area contributed by atoms with Crippen LogP contribution in [0.4, 0.5) is 0 Å². The number of aromatic nitrogens is 2. The number of aliphatic hydroxyl groups is 1. The molecule has 0 aromatic carbocycles. The van der Waals surface area contributed by atoms with Crippen molar-refractivity contribution in [3.63, 3.8) is 0 Å². The van der Waals surface area contributed by atoms with Crippen molar-refractivity contribution in [3.8, 4) is 0 Å². The van der Waals surface area contributed by atoms with Crippen LogP contribution in [0.2, 0.25) is 0 Å². The molecule has 1 aromatic rings. The normalized spacial score (nSPS) is 13.1. The largest absolute Gasteiger partial charge is 0.371 e. The Hall–Kier alpha value is -1.00. The maximum atomic E-state index is 8.68. The predicted octanol–water partition coefficient (Wildman–Crippen LogP) is -0.574. The van der Waals surface area contributed by atoms with E-state index in [4.69, 9.17) is 10.8 Å². The molecule has 0 radical (unpaired) electrons. The van der Waals surface area contributed by atoms with Gasteiger partial charge in [-0.1, -0.05) is 0 Å². The van der Waals surface area contributed by atoms with Crippen molar-refractivity contribution in [1.82, 2.24) is 9.97 Å². The van der Waals surface area contributed by atoms with Gasteiger partial charge in [0, 0.05) is 12.4 Å². The van der Waals surface area contributed by atoms with Gasteiger partial charge in [0.1, 0.15) is 0 Å². The van der Waals surface area contributed by atoms with Gasteiger partial charge in [-0.2, -0.15) is 0 Å². The highest BCUT2D eigenvalue weighted by atomic mass is 16.3. The quantitative estimate of drug-likeness (QED) is 0.493. The van der Waals surface area contributed by atoms with Gasteiger partial charge >= 0.3 is 0 Å². The summed E-state index contributed by atoms with van der Waals surface area (Å²) < 4.78 is 0. The molecular formula is C5H7N3O. The highest BCUT2D eigenvalue weighted by molar-refractivity contribution is 4.89. The molecule has 1 unspecified atom stereocenters. The Kier molecular flexibility index (Phi) is 1.72. The van der Waals surface area contributed by atoms with Gasteiger partial charge in [0.15, 0.2) is 12.1 Å². The molecular weight excluding hydrogens is 118 g/mol. The molecule has 0 aliphatic carbocycles. The van der Waals surface area contributed by atoms with Crippen molar-refractivity contribution in [2.24, 2.45) is 5.73 Å². The van der Waals surface area contributed by atoms with E-state index in [1.807, 2.05) is 0 Å². The number of hydrogen-bond donors (Lipinski definition) is 2. The molecule has 0 bridgehead atoms. The fourth-order valence-corrected chi connectivity index (χ4v) is 0.463. The zero-order valence-electron chi connectivity index (χ0n) is 4.73. The van der Waals surface area contributed by atoms with Gasteiger partial charge in [-0.05, 0) is 6.07 Å². The highest BCUT2D eigenvalue weighted by Crippen LogP contribution is 1.94. The fourth-order valence-electron chi connectivity index (χ4n) is 0.463. The molecule has 0 aliphatic rings. The SMILES string of the molecule is NC(O)c1ncccn1. The summed E-state index contributed by atoms with van der Waals surface area (Å²) in [4.78, 5) is 7.38. The third-order valence-corrected chi connectivity index (χ3v) is 0.850. The second-order valence-electron chi connectivity index (χ2n) is 1.55. The van der Waals surface area contributed by atoms with E-state index < -0.39 is 6.23 Å². The minimum Gasteiger partial charge on any atom is -0.371 e. The molecule has 3 N–H and O–H groups in total. The van der Waals surface area contributed by atoms with Crippen LogP contribution in [-0.2, 0) is 0 Å². The smallest absolute Gasteiger partial charge is 0.172 e. The average molecular weight is 125 g/mol. The molecule has 0 fully saturated rings. The molecule has 48 valence electrons. The highest BCUT2D eigenvalue weighted by Gasteiger charge is 1.99. The number of nitrogens with zero attached hydrogens (tertiary/aromatic N) is 2. The van der Waals surface area contributed by atoms with E-state index in [0.717, 1.165) is 0 Å². The summed E-state index contributed by atoms with van der Waals surface area (Å²) in [5.41, 5.74) is 5.04. The van der Waals surface area contributed by atoms with E-state index in [1.165, 1.54) is 12.4 Å². The lowest BCUT2D eigenvalue weighted by Gasteiger charge is -1.98. The Morgan fingerprint density at radius 1 is 1.44 bits per heavy atom. The fraction of sp³-hybridized carbons (Fsp3) is 0.200. The Labute approximate surface area is 52.4 Å². The molecule has 4 heteroatoms. The van der Waals surface area contributed by atoms with Crippen LogP contribution in [0.3, 0.4) is 0 Å². The standard InChI is InChI=1S/C5H7N3O/c6-4(9)5-7-2-1-3-8-5/h1-4,9H,6H2. The number of hydrogen-bond acceptors (Lipinski definition) is 4. The van der Waals surface area contributed by atoms with Gasteiger partial charge in [0.25, 0.3) is 0 Å². The van der Waals surface area contributed by atoms with Crippen LogP contribution >= 0.6 is 0 Å². The average Bonchev–Trinajstić information content (AvgIpc) is 1.90. The minimum atomic E-state index is -1.06. The van der Waals surface area contributed by atoms with Crippen molar-refractivity contribution in [3.05, 3.63) is 24.3 Å². The minimum absolute atomic E-state index is 0.248. The first-order valence-electron chi connectivity index (χ1n) is 2.51. The van der Waals surface area contributed by atoms with Crippen molar-refractivity contribution in [2.45, 2.75) is 6.23 Å². The Balaban J connectivity index is 2.85. The second-order valence-corrected chi connectivity index (χ2v) is 1.55. The molecule has 0 amide bonds. The van der Waals surface area contributed by atoms with E-state index >= 15 is 0 Å². The molecule has 4 nitrogen and oxygen atoms in total. The lowest BCUT2D eigenvalue weighted by atomic mass is 10.5. The molecule has 1 atom stereocenters.